The molecule has 5 nitrogen and oxygen atoms in total. The van der Waals surface area contributed by atoms with E-state index in [1.165, 1.54) is 7.11 Å². The Morgan fingerprint density at radius 2 is 1.89 bits per heavy atom. The van der Waals surface area contributed by atoms with Crippen LogP contribution in [0.25, 0.3) is 0 Å². The van der Waals surface area contributed by atoms with Crippen LogP contribution in [0.4, 0.5) is 0 Å². The highest BCUT2D eigenvalue weighted by Gasteiger charge is 2.24. The molecule has 0 bridgehead atoms. The zero-order valence-corrected chi connectivity index (χ0v) is 13.2. The first-order valence-electron chi connectivity index (χ1n) is 7.03. The summed E-state index contributed by atoms with van der Waals surface area (Å²) >= 11 is 0. The van der Waals surface area contributed by atoms with Crippen LogP contribution in [0, 0.1) is 0 Å². The second-order valence-corrected chi connectivity index (χ2v) is 5.14. The Bertz CT molecular complexity index is 247. The highest BCUT2D eigenvalue weighted by atomic mass is 16.5. The third-order valence-electron chi connectivity index (χ3n) is 3.23. The van der Waals surface area contributed by atoms with E-state index in [1.54, 1.807) is 7.11 Å². The van der Waals surface area contributed by atoms with Gasteiger partial charge >= 0.3 is 5.97 Å². The van der Waals surface area contributed by atoms with Crippen molar-refractivity contribution in [1.29, 1.82) is 0 Å². The minimum absolute atomic E-state index is 0.209. The van der Waals surface area contributed by atoms with Crippen LogP contribution in [0.1, 0.15) is 34.1 Å². The van der Waals surface area contributed by atoms with Crippen molar-refractivity contribution in [2.75, 3.05) is 33.9 Å². The molecule has 0 aromatic heterocycles. The molecule has 0 saturated heterocycles. The first-order chi connectivity index (χ1) is 8.96. The number of nitrogens with one attached hydrogen (secondary N) is 1. The van der Waals surface area contributed by atoms with Crippen molar-refractivity contribution in [2.45, 2.75) is 52.2 Å². The summed E-state index contributed by atoms with van der Waals surface area (Å²) in [6, 6.07) is 0.359. The van der Waals surface area contributed by atoms with E-state index in [0.29, 0.717) is 19.2 Å². The van der Waals surface area contributed by atoms with Gasteiger partial charge in [-0.15, -0.1) is 0 Å². The molecule has 0 amide bonds. The standard InChI is InChI=1S/C14H30N2O3/c1-7-12(4)16(8-9-18-5)10-13(14(17)19-6)15-11(2)3/h11-13,15H,7-10H2,1-6H3. The number of hydrogen-bond acceptors (Lipinski definition) is 5. The molecule has 0 aliphatic rings. The molecule has 0 aliphatic heterocycles. The van der Waals surface area contributed by atoms with E-state index >= 15 is 0 Å². The normalized spacial score (nSPS) is 14.7. The lowest BCUT2D eigenvalue weighted by molar-refractivity contribution is -0.144. The van der Waals surface area contributed by atoms with Gasteiger partial charge in [-0.25, -0.2) is 0 Å². The number of carbonyl (C=O) groups excluding carboxylic acids is 1. The Balaban J connectivity index is 4.65. The number of nitrogens with zero attached hydrogens (tertiary/aromatic N) is 1. The Morgan fingerprint density at radius 1 is 1.26 bits per heavy atom. The van der Waals surface area contributed by atoms with Gasteiger partial charge in [-0.2, -0.15) is 0 Å². The molecule has 0 spiro atoms. The van der Waals surface area contributed by atoms with Crippen LogP contribution in [0.2, 0.25) is 0 Å². The lowest BCUT2D eigenvalue weighted by atomic mass is 10.1. The van der Waals surface area contributed by atoms with E-state index in [4.69, 9.17) is 9.47 Å². The Labute approximate surface area is 117 Å². The summed E-state index contributed by atoms with van der Waals surface area (Å²) in [5, 5.41) is 3.26. The second-order valence-electron chi connectivity index (χ2n) is 5.14. The number of carbonyl (C=O) groups is 1. The minimum atomic E-state index is -0.296. The van der Waals surface area contributed by atoms with Crippen LogP contribution in [-0.2, 0) is 14.3 Å². The zero-order valence-electron chi connectivity index (χ0n) is 13.2. The molecule has 19 heavy (non-hydrogen) atoms. The molecule has 1 N–H and O–H groups in total. The monoisotopic (exact) mass is 274 g/mol. The first kappa shape index (κ1) is 18.4. The largest absolute Gasteiger partial charge is 0.468 e. The summed E-state index contributed by atoms with van der Waals surface area (Å²) in [4.78, 5) is 14.1. The zero-order chi connectivity index (χ0) is 14.8. The third kappa shape index (κ3) is 7.50. The van der Waals surface area contributed by atoms with Crippen molar-refractivity contribution >= 4 is 5.97 Å². The smallest absolute Gasteiger partial charge is 0.324 e. The number of ether oxygens (including phenoxy) is 2. The van der Waals surface area contributed by atoms with Gasteiger partial charge in [0.25, 0.3) is 0 Å². The quantitative estimate of drug-likeness (QED) is 0.608. The third-order valence-corrected chi connectivity index (χ3v) is 3.23. The van der Waals surface area contributed by atoms with E-state index in [1.807, 2.05) is 13.8 Å². The molecule has 0 aromatic rings. The maximum Gasteiger partial charge on any atom is 0.324 e. The first-order valence-corrected chi connectivity index (χ1v) is 7.03. The topological polar surface area (TPSA) is 50.8 Å². The van der Waals surface area contributed by atoms with Gasteiger partial charge in [0.1, 0.15) is 6.04 Å². The van der Waals surface area contributed by atoms with Crippen LogP contribution in [0.5, 0.6) is 0 Å². The van der Waals surface area contributed by atoms with E-state index < -0.39 is 0 Å². The van der Waals surface area contributed by atoms with Crippen molar-refractivity contribution in [1.82, 2.24) is 10.2 Å². The Morgan fingerprint density at radius 3 is 2.32 bits per heavy atom. The lowest BCUT2D eigenvalue weighted by Gasteiger charge is -2.32. The highest BCUT2D eigenvalue weighted by Crippen LogP contribution is 2.06. The van der Waals surface area contributed by atoms with Crippen molar-refractivity contribution in [2.24, 2.45) is 0 Å². The average molecular weight is 274 g/mol. The highest BCUT2D eigenvalue weighted by molar-refractivity contribution is 5.76. The van der Waals surface area contributed by atoms with E-state index in [9.17, 15) is 4.79 Å². The Kier molecular flexibility index (Phi) is 9.83. The molecule has 0 rings (SSSR count). The predicted molar refractivity (Wildman–Crippen MR) is 77.3 cm³/mol. The summed E-state index contributed by atoms with van der Waals surface area (Å²) in [6.07, 6.45) is 1.04. The Hall–Kier alpha value is -0.650. The van der Waals surface area contributed by atoms with Gasteiger partial charge < -0.3 is 14.8 Å². The minimum Gasteiger partial charge on any atom is -0.468 e. The van der Waals surface area contributed by atoms with Gasteiger partial charge in [0, 0.05) is 32.3 Å². The number of hydrogen-bond donors (Lipinski definition) is 1. The van der Waals surface area contributed by atoms with E-state index in [2.05, 4.69) is 24.1 Å². The van der Waals surface area contributed by atoms with Gasteiger partial charge in [-0.05, 0) is 13.3 Å². The van der Waals surface area contributed by atoms with Gasteiger partial charge in [-0.1, -0.05) is 20.8 Å². The fraction of sp³-hybridized carbons (Fsp3) is 0.929. The van der Waals surface area contributed by atoms with E-state index in [0.717, 1.165) is 13.0 Å². The van der Waals surface area contributed by atoms with Gasteiger partial charge in [0.05, 0.1) is 13.7 Å². The molecule has 0 heterocycles. The molecular weight excluding hydrogens is 244 g/mol. The molecule has 0 aromatic carbocycles. The molecule has 0 radical (unpaired) electrons. The van der Waals surface area contributed by atoms with Crippen molar-refractivity contribution < 1.29 is 14.3 Å². The van der Waals surface area contributed by atoms with Crippen molar-refractivity contribution in [3.05, 3.63) is 0 Å². The van der Waals surface area contributed by atoms with E-state index in [-0.39, 0.29) is 18.1 Å². The SMILES string of the molecule is CCC(C)N(CCOC)CC(NC(C)C)C(=O)OC. The van der Waals surface area contributed by atoms with Crippen LogP contribution >= 0.6 is 0 Å². The average Bonchev–Trinajstić information content (AvgIpc) is 2.39. The molecular formula is C14H30N2O3. The summed E-state index contributed by atoms with van der Waals surface area (Å²) in [5.41, 5.74) is 0. The molecule has 2 atom stereocenters. The van der Waals surface area contributed by atoms with Crippen LogP contribution in [0.15, 0.2) is 0 Å². The molecule has 5 heteroatoms. The summed E-state index contributed by atoms with van der Waals surface area (Å²) in [5.74, 6) is -0.209. The fourth-order valence-electron chi connectivity index (χ4n) is 1.93. The van der Waals surface area contributed by atoms with Gasteiger partial charge in [0.2, 0.25) is 0 Å². The second kappa shape index (κ2) is 10.2. The maximum absolute atomic E-state index is 11.8. The molecule has 0 aliphatic carbocycles. The van der Waals surface area contributed by atoms with Gasteiger partial charge in [-0.3, -0.25) is 9.69 Å². The fourth-order valence-corrected chi connectivity index (χ4v) is 1.93. The molecule has 2 unspecified atom stereocenters. The summed E-state index contributed by atoms with van der Waals surface area (Å²) < 4.78 is 10.0. The summed E-state index contributed by atoms with van der Waals surface area (Å²) in [7, 11) is 3.12. The van der Waals surface area contributed by atoms with Gasteiger partial charge in [0.15, 0.2) is 0 Å². The molecule has 0 fully saturated rings. The van der Waals surface area contributed by atoms with Crippen LogP contribution < -0.4 is 5.32 Å². The molecule has 114 valence electrons. The van der Waals surface area contributed by atoms with Crippen LogP contribution in [0.3, 0.4) is 0 Å². The number of esters is 1. The number of methoxy groups -OCH3 is 2. The lowest BCUT2D eigenvalue weighted by Crippen LogP contribution is -2.51. The predicted octanol–water partition coefficient (Wildman–Crippen LogP) is 1.27. The maximum atomic E-state index is 11.8. The van der Waals surface area contributed by atoms with Crippen molar-refractivity contribution in [3.63, 3.8) is 0 Å². The van der Waals surface area contributed by atoms with Crippen molar-refractivity contribution in [3.8, 4) is 0 Å². The molecule has 0 saturated carbocycles. The van der Waals surface area contributed by atoms with Crippen LogP contribution in [-0.4, -0.2) is 62.9 Å². The summed E-state index contributed by atoms with van der Waals surface area (Å²) in [6.45, 7) is 10.5. The number of rotatable bonds is 10.